The van der Waals surface area contributed by atoms with E-state index in [0.717, 1.165) is 5.56 Å². The third-order valence-electron chi connectivity index (χ3n) is 6.72. The molecule has 1 aliphatic heterocycles. The maximum Gasteiger partial charge on any atom is 0.338 e. The molecule has 1 atom stereocenters. The van der Waals surface area contributed by atoms with Crippen molar-refractivity contribution in [2.75, 3.05) is 18.1 Å². The predicted octanol–water partition coefficient (Wildman–Crippen LogP) is 6.58. The van der Waals surface area contributed by atoms with Crippen LogP contribution in [0.5, 0.6) is 5.75 Å². The number of benzene rings is 3. The van der Waals surface area contributed by atoms with Crippen molar-refractivity contribution in [1.82, 2.24) is 0 Å². The molecule has 208 valence electrons. The van der Waals surface area contributed by atoms with Crippen molar-refractivity contribution in [2.45, 2.75) is 52.5 Å². The topological polar surface area (TPSA) is 93.1 Å². The number of carbonyl (C=O) groups excluding carboxylic acids is 3. The molecule has 1 amide bonds. The van der Waals surface area contributed by atoms with E-state index >= 15 is 0 Å². The Morgan fingerprint density at radius 1 is 0.925 bits per heavy atom. The summed E-state index contributed by atoms with van der Waals surface area (Å²) >= 11 is 0. The number of hydrogen-bond donors (Lipinski definition) is 1. The van der Waals surface area contributed by atoms with E-state index in [2.05, 4.69) is 0 Å². The first kappa shape index (κ1) is 28.6. The number of carbonyl (C=O) groups is 3. The molecule has 3 aromatic rings. The minimum absolute atomic E-state index is 0.0285. The molecule has 7 nitrogen and oxygen atoms in total. The summed E-state index contributed by atoms with van der Waals surface area (Å²) < 4.78 is 11.1. The summed E-state index contributed by atoms with van der Waals surface area (Å²) in [6.45, 7) is 10.7. The van der Waals surface area contributed by atoms with Gasteiger partial charge in [-0.15, -0.1) is 0 Å². The Morgan fingerprint density at radius 2 is 1.65 bits per heavy atom. The highest BCUT2D eigenvalue weighted by Gasteiger charge is 2.47. The van der Waals surface area contributed by atoms with E-state index in [1.54, 1.807) is 48.5 Å². The highest BCUT2D eigenvalue weighted by molar-refractivity contribution is 6.51. The van der Waals surface area contributed by atoms with Crippen LogP contribution in [0.25, 0.3) is 5.76 Å². The van der Waals surface area contributed by atoms with Crippen LogP contribution in [0.15, 0.2) is 78.4 Å². The molecule has 40 heavy (non-hydrogen) atoms. The number of rotatable bonds is 8. The molecule has 1 unspecified atom stereocenters. The second-order valence-corrected chi connectivity index (χ2v) is 10.7. The van der Waals surface area contributed by atoms with E-state index in [9.17, 15) is 19.5 Å². The molecule has 0 spiro atoms. The van der Waals surface area contributed by atoms with Gasteiger partial charge in [0, 0.05) is 16.8 Å². The van der Waals surface area contributed by atoms with Crippen LogP contribution in [0.2, 0.25) is 0 Å². The summed E-state index contributed by atoms with van der Waals surface area (Å²) in [5.74, 6) is -1.70. The van der Waals surface area contributed by atoms with Gasteiger partial charge in [-0.1, -0.05) is 64.1 Å². The smallest absolute Gasteiger partial charge is 0.338 e. The Bertz CT molecular complexity index is 1450. The van der Waals surface area contributed by atoms with Gasteiger partial charge in [0.25, 0.3) is 11.7 Å². The van der Waals surface area contributed by atoms with E-state index in [4.69, 9.17) is 9.47 Å². The molecule has 0 saturated carbocycles. The molecule has 4 rings (SSSR count). The van der Waals surface area contributed by atoms with Crippen LogP contribution in [0.4, 0.5) is 5.69 Å². The van der Waals surface area contributed by atoms with Gasteiger partial charge in [-0.3, -0.25) is 14.5 Å². The van der Waals surface area contributed by atoms with Gasteiger partial charge in [0.2, 0.25) is 0 Å². The van der Waals surface area contributed by atoms with E-state index in [1.165, 1.54) is 11.0 Å². The van der Waals surface area contributed by atoms with Crippen molar-refractivity contribution < 1.29 is 29.0 Å². The summed E-state index contributed by atoms with van der Waals surface area (Å²) in [4.78, 5) is 41.0. The number of anilines is 1. The molecular formula is C33H35NO6. The molecule has 1 fully saturated rings. The number of ketones is 1. The minimum Gasteiger partial charge on any atom is -0.507 e. The maximum atomic E-state index is 13.6. The number of esters is 1. The molecule has 0 aromatic heterocycles. The molecule has 7 heteroatoms. The zero-order chi connectivity index (χ0) is 29.0. The van der Waals surface area contributed by atoms with Crippen LogP contribution in [0.1, 0.15) is 74.1 Å². The normalized spacial score (nSPS) is 16.7. The van der Waals surface area contributed by atoms with Crippen molar-refractivity contribution in [1.29, 1.82) is 0 Å². The lowest BCUT2D eigenvalue weighted by Crippen LogP contribution is -2.29. The molecular weight excluding hydrogens is 506 g/mol. The van der Waals surface area contributed by atoms with Crippen molar-refractivity contribution >= 4 is 29.1 Å². The lowest BCUT2D eigenvalue weighted by atomic mass is 9.84. The number of ether oxygens (including phenoxy) is 2. The van der Waals surface area contributed by atoms with E-state index in [0.29, 0.717) is 35.6 Å². The second-order valence-electron chi connectivity index (χ2n) is 10.7. The van der Waals surface area contributed by atoms with E-state index < -0.39 is 23.7 Å². The number of Topliss-reactive ketones (excluding diaryl/α,β-unsaturated/α-hetero) is 1. The van der Waals surface area contributed by atoms with Crippen molar-refractivity contribution in [3.63, 3.8) is 0 Å². The minimum atomic E-state index is -0.909. The van der Waals surface area contributed by atoms with Crippen LogP contribution in [0, 0.1) is 0 Å². The molecule has 1 aliphatic rings. The Labute approximate surface area is 235 Å². The second kappa shape index (κ2) is 11.8. The molecule has 1 saturated heterocycles. The lowest BCUT2D eigenvalue weighted by molar-refractivity contribution is -0.132. The first-order chi connectivity index (χ1) is 19.1. The van der Waals surface area contributed by atoms with E-state index in [-0.39, 0.29) is 28.9 Å². The highest BCUT2D eigenvalue weighted by atomic mass is 16.5. The summed E-state index contributed by atoms with van der Waals surface area (Å²) in [5, 5.41) is 11.6. The SMILES string of the molecule is CCCOC(=O)c1cccc(N2C(=O)C(=O)/C(=C(\O)c3ccc(OCC)c(C(C)(C)C)c3)C2c2ccccc2)c1. The Balaban J connectivity index is 1.89. The zero-order valence-electron chi connectivity index (χ0n) is 23.6. The average molecular weight is 542 g/mol. The first-order valence-corrected chi connectivity index (χ1v) is 13.5. The van der Waals surface area contributed by atoms with Crippen LogP contribution in [-0.2, 0) is 19.7 Å². The Kier molecular flexibility index (Phi) is 8.43. The molecule has 0 radical (unpaired) electrons. The van der Waals surface area contributed by atoms with Gasteiger partial charge in [0.05, 0.1) is 30.4 Å². The van der Waals surface area contributed by atoms with Gasteiger partial charge in [0.1, 0.15) is 11.5 Å². The predicted molar refractivity (Wildman–Crippen MR) is 155 cm³/mol. The fourth-order valence-corrected chi connectivity index (χ4v) is 4.81. The van der Waals surface area contributed by atoms with Gasteiger partial charge >= 0.3 is 5.97 Å². The average Bonchev–Trinajstić information content (AvgIpc) is 3.21. The fraction of sp³-hybridized carbons (Fsp3) is 0.303. The fourth-order valence-electron chi connectivity index (χ4n) is 4.81. The summed E-state index contributed by atoms with van der Waals surface area (Å²) in [6, 6.07) is 19.9. The summed E-state index contributed by atoms with van der Waals surface area (Å²) in [5.41, 5.74) is 2.19. The van der Waals surface area contributed by atoms with Gasteiger partial charge in [-0.2, -0.15) is 0 Å². The van der Waals surface area contributed by atoms with Gasteiger partial charge in [-0.05, 0) is 60.7 Å². The van der Waals surface area contributed by atoms with Gasteiger partial charge in [-0.25, -0.2) is 4.79 Å². The zero-order valence-corrected chi connectivity index (χ0v) is 23.6. The third kappa shape index (κ3) is 5.64. The molecule has 1 heterocycles. The monoisotopic (exact) mass is 541 g/mol. The van der Waals surface area contributed by atoms with Gasteiger partial charge in [0.15, 0.2) is 0 Å². The first-order valence-electron chi connectivity index (χ1n) is 13.5. The maximum absolute atomic E-state index is 13.6. The quantitative estimate of drug-likeness (QED) is 0.150. The van der Waals surface area contributed by atoms with Gasteiger partial charge < -0.3 is 14.6 Å². The van der Waals surface area contributed by atoms with Crippen LogP contribution < -0.4 is 9.64 Å². The third-order valence-corrected chi connectivity index (χ3v) is 6.72. The molecule has 0 bridgehead atoms. The lowest BCUT2D eigenvalue weighted by Gasteiger charge is -2.26. The Morgan fingerprint density at radius 3 is 2.30 bits per heavy atom. The van der Waals surface area contributed by atoms with Crippen LogP contribution in [-0.4, -0.2) is 36.0 Å². The standard InChI is InChI=1S/C33H35NO6/c1-6-18-40-32(38)23-14-11-15-24(19-23)34-28(21-12-9-8-10-13-21)27(30(36)31(34)37)29(35)22-16-17-26(39-7-2)25(20-22)33(3,4)5/h8-17,19-20,28,35H,6-7,18H2,1-5H3/b29-27-. The number of nitrogens with zero attached hydrogens (tertiary/aromatic N) is 1. The molecule has 1 N–H and O–H groups in total. The highest BCUT2D eigenvalue weighted by Crippen LogP contribution is 2.43. The molecule has 0 aliphatic carbocycles. The number of aliphatic hydroxyl groups excluding tert-OH is 1. The molecule has 3 aromatic carbocycles. The largest absolute Gasteiger partial charge is 0.507 e. The number of amides is 1. The number of aliphatic hydroxyl groups is 1. The van der Waals surface area contributed by atoms with Crippen LogP contribution in [0.3, 0.4) is 0 Å². The van der Waals surface area contributed by atoms with Crippen molar-refractivity contribution in [3.8, 4) is 5.75 Å². The van der Waals surface area contributed by atoms with E-state index in [1.807, 2.05) is 52.8 Å². The van der Waals surface area contributed by atoms with Crippen molar-refractivity contribution in [3.05, 3.63) is 101 Å². The van der Waals surface area contributed by atoms with Crippen LogP contribution >= 0.6 is 0 Å². The number of hydrogen-bond acceptors (Lipinski definition) is 6. The summed E-state index contributed by atoms with van der Waals surface area (Å²) in [6.07, 6.45) is 0.677. The Hall–Kier alpha value is -4.39. The van der Waals surface area contributed by atoms with Crippen molar-refractivity contribution in [2.24, 2.45) is 0 Å². The summed E-state index contributed by atoms with van der Waals surface area (Å²) in [7, 11) is 0.